The number of aromatic nitrogens is 6. The van der Waals surface area contributed by atoms with Crippen LogP contribution in [-0.2, 0) is 30.2 Å². The SMILES string of the molecule is CCc1cc(O)c(F)cc1-c1ccc2c(-c3nc4c([nH]3)CN(C(=O)c3cnc(N5CCS(=O)CC5)cn3)CC4)n[nH]c2c1. The van der Waals surface area contributed by atoms with Crippen molar-refractivity contribution in [1.29, 1.82) is 0 Å². The zero-order chi connectivity index (χ0) is 29.7. The average Bonchev–Trinajstić information content (AvgIpc) is 3.65. The highest BCUT2D eigenvalue weighted by Crippen LogP contribution is 2.34. The van der Waals surface area contributed by atoms with Crippen molar-refractivity contribution in [2.45, 2.75) is 26.3 Å². The molecule has 0 atom stereocenters. The van der Waals surface area contributed by atoms with Crippen LogP contribution in [0.2, 0.25) is 0 Å². The van der Waals surface area contributed by atoms with Gasteiger partial charge in [-0.1, -0.05) is 13.0 Å². The molecule has 0 bridgehead atoms. The molecule has 0 spiro atoms. The van der Waals surface area contributed by atoms with E-state index in [4.69, 9.17) is 4.98 Å². The Bertz CT molecular complexity index is 1880. The zero-order valence-electron chi connectivity index (χ0n) is 23.4. The first-order valence-electron chi connectivity index (χ1n) is 14.2. The highest BCUT2D eigenvalue weighted by Gasteiger charge is 2.27. The number of halogens is 1. The Labute approximate surface area is 248 Å². The molecule has 1 saturated heterocycles. The number of benzene rings is 2. The van der Waals surface area contributed by atoms with Crippen molar-refractivity contribution >= 4 is 33.4 Å². The molecule has 1 amide bonds. The number of imidazole rings is 1. The summed E-state index contributed by atoms with van der Waals surface area (Å²) in [5, 5.41) is 18.2. The highest BCUT2D eigenvalue weighted by atomic mass is 32.2. The third-order valence-corrected chi connectivity index (χ3v) is 9.41. The Morgan fingerprint density at radius 1 is 1.12 bits per heavy atom. The van der Waals surface area contributed by atoms with Crippen molar-refractivity contribution in [3.63, 3.8) is 0 Å². The maximum Gasteiger partial charge on any atom is 0.274 e. The summed E-state index contributed by atoms with van der Waals surface area (Å²) in [6.07, 6.45) is 4.36. The minimum Gasteiger partial charge on any atom is -0.505 e. The van der Waals surface area contributed by atoms with Crippen molar-refractivity contribution in [3.8, 4) is 28.4 Å². The van der Waals surface area contributed by atoms with Crippen molar-refractivity contribution in [3.05, 3.63) is 71.2 Å². The van der Waals surface area contributed by atoms with Crippen LogP contribution < -0.4 is 4.90 Å². The summed E-state index contributed by atoms with van der Waals surface area (Å²) >= 11 is 0. The van der Waals surface area contributed by atoms with Crippen molar-refractivity contribution in [1.82, 2.24) is 35.0 Å². The first kappa shape index (κ1) is 27.2. The van der Waals surface area contributed by atoms with Crippen LogP contribution in [0.15, 0.2) is 42.7 Å². The number of aromatic amines is 2. The number of anilines is 1. The lowest BCUT2D eigenvalue weighted by molar-refractivity contribution is 0.0725. The lowest BCUT2D eigenvalue weighted by Gasteiger charge is -2.27. The van der Waals surface area contributed by atoms with Crippen LogP contribution in [0.1, 0.15) is 34.4 Å². The molecule has 0 saturated carbocycles. The van der Waals surface area contributed by atoms with E-state index < -0.39 is 16.6 Å². The van der Waals surface area contributed by atoms with E-state index in [1.165, 1.54) is 18.3 Å². The predicted molar refractivity (Wildman–Crippen MR) is 161 cm³/mol. The summed E-state index contributed by atoms with van der Waals surface area (Å²) < 4.78 is 25.8. The van der Waals surface area contributed by atoms with Gasteiger partial charge in [0.1, 0.15) is 17.2 Å². The number of hydrogen-bond donors (Lipinski definition) is 3. The van der Waals surface area contributed by atoms with Crippen LogP contribution in [0.5, 0.6) is 5.75 Å². The Balaban J connectivity index is 1.09. The minimum atomic E-state index is -0.777. The van der Waals surface area contributed by atoms with Gasteiger partial charge in [-0.2, -0.15) is 5.10 Å². The molecular weight excluding hydrogens is 571 g/mol. The number of nitrogens with zero attached hydrogens (tertiary/aromatic N) is 6. The number of rotatable bonds is 5. The van der Waals surface area contributed by atoms with Crippen LogP contribution in [0, 0.1) is 5.82 Å². The van der Waals surface area contributed by atoms with Gasteiger partial charge in [-0.3, -0.25) is 14.1 Å². The molecule has 0 radical (unpaired) electrons. The van der Waals surface area contributed by atoms with E-state index in [2.05, 4.69) is 25.1 Å². The van der Waals surface area contributed by atoms with Gasteiger partial charge in [-0.25, -0.2) is 19.3 Å². The average molecular weight is 601 g/mol. The van der Waals surface area contributed by atoms with Gasteiger partial charge in [-0.05, 0) is 47.4 Å². The topological polar surface area (TPSA) is 144 Å². The summed E-state index contributed by atoms with van der Waals surface area (Å²) in [6.45, 7) is 4.15. The Morgan fingerprint density at radius 2 is 1.95 bits per heavy atom. The maximum absolute atomic E-state index is 14.2. The first-order chi connectivity index (χ1) is 20.9. The van der Waals surface area contributed by atoms with Crippen molar-refractivity contribution in [2.75, 3.05) is 36.0 Å². The Hall–Kier alpha value is -4.65. The number of carbonyl (C=O) groups is 1. The smallest absolute Gasteiger partial charge is 0.274 e. The second-order valence-corrected chi connectivity index (χ2v) is 12.4. The molecule has 43 heavy (non-hydrogen) atoms. The van der Waals surface area contributed by atoms with Gasteiger partial charge < -0.3 is 19.9 Å². The second-order valence-electron chi connectivity index (χ2n) is 10.7. The molecule has 7 rings (SSSR count). The largest absolute Gasteiger partial charge is 0.505 e. The summed E-state index contributed by atoms with van der Waals surface area (Å²) in [5.74, 6) is 1.30. The fraction of sp³-hybridized carbons (Fsp3) is 0.300. The van der Waals surface area contributed by atoms with E-state index in [1.54, 1.807) is 11.1 Å². The number of aromatic hydroxyl groups is 1. The van der Waals surface area contributed by atoms with Crippen LogP contribution >= 0.6 is 0 Å². The Morgan fingerprint density at radius 3 is 2.72 bits per heavy atom. The van der Waals surface area contributed by atoms with E-state index >= 15 is 0 Å². The minimum absolute atomic E-state index is 0.199. The number of nitrogens with one attached hydrogen (secondary N) is 2. The zero-order valence-corrected chi connectivity index (χ0v) is 24.2. The van der Waals surface area contributed by atoms with E-state index in [1.807, 2.05) is 30.0 Å². The van der Waals surface area contributed by atoms with Crippen molar-refractivity contribution < 1.29 is 18.5 Å². The predicted octanol–water partition coefficient (Wildman–Crippen LogP) is 3.58. The number of phenols is 1. The molecule has 1 fully saturated rings. The number of aryl methyl sites for hydroxylation is 1. The van der Waals surface area contributed by atoms with Gasteiger partial charge in [-0.15, -0.1) is 0 Å². The van der Waals surface area contributed by atoms with Gasteiger partial charge in [0.05, 0.1) is 35.8 Å². The van der Waals surface area contributed by atoms with Gasteiger partial charge in [0.25, 0.3) is 5.91 Å². The van der Waals surface area contributed by atoms with Crippen LogP contribution in [0.4, 0.5) is 10.2 Å². The van der Waals surface area contributed by atoms with E-state index in [-0.39, 0.29) is 17.4 Å². The van der Waals surface area contributed by atoms with Gasteiger partial charge >= 0.3 is 0 Å². The summed E-state index contributed by atoms with van der Waals surface area (Å²) in [6, 6.07) is 8.58. The number of phenolic OH excluding ortho intramolecular Hbond substituents is 1. The van der Waals surface area contributed by atoms with E-state index in [0.29, 0.717) is 67.9 Å². The second kappa shape index (κ2) is 10.9. The molecule has 3 N–H and O–H groups in total. The molecular formula is C30H29FN8O3S. The molecule has 13 heteroatoms. The third kappa shape index (κ3) is 5.03. The monoisotopic (exact) mass is 600 g/mol. The van der Waals surface area contributed by atoms with Gasteiger partial charge in [0.15, 0.2) is 17.4 Å². The molecule has 3 aromatic heterocycles. The molecule has 2 aliphatic heterocycles. The summed E-state index contributed by atoms with van der Waals surface area (Å²) in [7, 11) is -0.777. The third-order valence-electron chi connectivity index (χ3n) is 8.13. The molecule has 220 valence electrons. The summed E-state index contributed by atoms with van der Waals surface area (Å²) in [4.78, 5) is 34.0. The lowest BCUT2D eigenvalue weighted by atomic mass is 9.96. The van der Waals surface area contributed by atoms with Crippen molar-refractivity contribution in [2.24, 2.45) is 0 Å². The molecule has 11 nitrogen and oxygen atoms in total. The first-order valence-corrected chi connectivity index (χ1v) is 15.7. The van der Waals surface area contributed by atoms with Crippen LogP contribution in [0.3, 0.4) is 0 Å². The standard InChI is InChI=1S/C30H29FN8O3S/c1-2-17-12-26(40)21(31)13-20(17)18-3-4-19-23(11-18)36-37-28(19)29-34-22-5-6-39(16-25(22)35-29)30(41)24-14-33-27(15-32-24)38-7-9-43(42)10-8-38/h3-4,11-15,40H,2,5-10,16H2,1H3,(H,34,35)(H,36,37). The molecule has 2 aromatic carbocycles. The fourth-order valence-electron chi connectivity index (χ4n) is 5.74. The fourth-order valence-corrected chi connectivity index (χ4v) is 6.79. The van der Waals surface area contributed by atoms with Crippen LogP contribution in [0.25, 0.3) is 33.5 Å². The maximum atomic E-state index is 14.2. The highest BCUT2D eigenvalue weighted by molar-refractivity contribution is 7.85. The number of carbonyl (C=O) groups excluding carboxylic acids is 1. The molecule has 0 unspecified atom stereocenters. The van der Waals surface area contributed by atoms with Crippen LogP contribution in [-0.4, -0.2) is 81.4 Å². The quantitative estimate of drug-likeness (QED) is 0.278. The molecule has 5 heterocycles. The Kier molecular flexibility index (Phi) is 6.88. The molecule has 2 aliphatic rings. The molecule has 0 aliphatic carbocycles. The molecule has 5 aromatic rings. The van der Waals surface area contributed by atoms with E-state index in [9.17, 15) is 18.5 Å². The number of hydrogen-bond acceptors (Lipinski definition) is 8. The number of amides is 1. The van der Waals surface area contributed by atoms with E-state index in [0.717, 1.165) is 39.0 Å². The van der Waals surface area contributed by atoms with Gasteiger partial charge in [0, 0.05) is 53.7 Å². The number of fused-ring (bicyclic) bond motifs is 2. The normalized spacial score (nSPS) is 15.7. The van der Waals surface area contributed by atoms with Gasteiger partial charge in [0.2, 0.25) is 0 Å². The lowest BCUT2D eigenvalue weighted by Crippen LogP contribution is -2.38. The number of H-pyrrole nitrogens is 2. The summed E-state index contributed by atoms with van der Waals surface area (Å²) in [5.41, 5.74) is 5.83.